The molecule has 0 aliphatic carbocycles. The van der Waals surface area contributed by atoms with E-state index >= 15 is 0 Å². The highest BCUT2D eigenvalue weighted by Crippen LogP contribution is 2.30. The molecule has 5 nitrogen and oxygen atoms in total. The van der Waals surface area contributed by atoms with Crippen molar-refractivity contribution in [2.24, 2.45) is 4.99 Å². The van der Waals surface area contributed by atoms with Crippen molar-refractivity contribution in [3.05, 3.63) is 29.3 Å². The third kappa shape index (κ3) is 2.68. The number of hydrogen-bond donors (Lipinski definition) is 1. The number of aliphatic imine (C=N–C) groups is 1. The van der Waals surface area contributed by atoms with Crippen LogP contribution >= 0.6 is 23.8 Å². The summed E-state index contributed by atoms with van der Waals surface area (Å²) >= 11 is 11.4. The van der Waals surface area contributed by atoms with Gasteiger partial charge in [-0.05, 0) is 44.0 Å². The second-order valence-electron chi connectivity index (χ2n) is 5.43. The molecule has 1 amide bonds. The van der Waals surface area contributed by atoms with Gasteiger partial charge in [0, 0.05) is 23.8 Å². The molecule has 1 fully saturated rings. The molecule has 1 aromatic rings. The molecule has 2 heterocycles. The first-order valence-electron chi connectivity index (χ1n) is 7.13. The zero-order valence-electron chi connectivity index (χ0n) is 12.1. The molecule has 0 radical (unpaired) electrons. The Morgan fingerprint density at radius 3 is 2.86 bits per heavy atom. The molecule has 2 aliphatic heterocycles. The van der Waals surface area contributed by atoms with Gasteiger partial charge >= 0.3 is 6.09 Å². The van der Waals surface area contributed by atoms with Gasteiger partial charge in [-0.2, -0.15) is 0 Å². The Balaban J connectivity index is 1.85. The van der Waals surface area contributed by atoms with Crippen molar-refractivity contribution in [1.82, 2.24) is 4.90 Å². The number of anilines is 1. The van der Waals surface area contributed by atoms with Crippen LogP contribution in [-0.4, -0.2) is 40.5 Å². The van der Waals surface area contributed by atoms with Gasteiger partial charge in [-0.15, -0.1) is 0 Å². The summed E-state index contributed by atoms with van der Waals surface area (Å²) in [6, 6.07) is 7.18. The fourth-order valence-electron chi connectivity index (χ4n) is 2.55. The Hall–Kier alpha value is -1.66. The quantitative estimate of drug-likeness (QED) is 0.839. The van der Waals surface area contributed by atoms with E-state index in [0.717, 1.165) is 18.5 Å². The number of cyclic esters (lactones) is 1. The predicted molar refractivity (Wildman–Crippen MR) is 90.8 cm³/mol. The fraction of sp³-hybridized carbons (Fsp3) is 0.400. The van der Waals surface area contributed by atoms with Crippen LogP contribution in [-0.2, 0) is 4.74 Å². The molecule has 1 aromatic carbocycles. The molecule has 1 N–H and O–H groups in total. The van der Waals surface area contributed by atoms with Crippen molar-refractivity contribution >= 4 is 46.4 Å². The van der Waals surface area contributed by atoms with E-state index in [0.29, 0.717) is 28.9 Å². The van der Waals surface area contributed by atoms with Crippen LogP contribution < -0.4 is 5.32 Å². The number of halogens is 1. The molecule has 0 bridgehead atoms. The number of carbonyl (C=O) groups is 1. The highest BCUT2D eigenvalue weighted by Gasteiger charge is 2.51. The Labute approximate surface area is 139 Å². The van der Waals surface area contributed by atoms with Gasteiger partial charge in [-0.25, -0.2) is 4.79 Å². The first-order chi connectivity index (χ1) is 10.5. The molecule has 0 aromatic heterocycles. The smallest absolute Gasteiger partial charge is 0.416 e. The maximum Gasteiger partial charge on any atom is 0.416 e. The Bertz CT molecular complexity index is 647. The van der Waals surface area contributed by atoms with E-state index in [1.165, 1.54) is 0 Å². The second-order valence-corrected chi connectivity index (χ2v) is 6.27. The first-order valence-corrected chi connectivity index (χ1v) is 7.92. The molecule has 0 spiro atoms. The SMILES string of the molecule is CC1(C(=S)Nc2ccc(Cl)cc2)OC(=O)N2CCCCN=C21. The van der Waals surface area contributed by atoms with E-state index in [9.17, 15) is 4.79 Å². The molecular formula is C15H16ClN3O2S. The lowest BCUT2D eigenvalue weighted by Crippen LogP contribution is -2.47. The Morgan fingerprint density at radius 2 is 2.14 bits per heavy atom. The van der Waals surface area contributed by atoms with E-state index in [1.54, 1.807) is 24.0 Å². The van der Waals surface area contributed by atoms with E-state index in [-0.39, 0.29) is 6.09 Å². The number of amidine groups is 1. The number of rotatable bonds is 2. The lowest BCUT2D eigenvalue weighted by molar-refractivity contribution is 0.121. The third-order valence-electron chi connectivity index (χ3n) is 3.78. The molecule has 1 saturated heterocycles. The van der Waals surface area contributed by atoms with Crippen molar-refractivity contribution in [3.8, 4) is 0 Å². The second kappa shape index (κ2) is 5.85. The van der Waals surface area contributed by atoms with E-state index in [2.05, 4.69) is 10.3 Å². The molecule has 3 rings (SSSR count). The Morgan fingerprint density at radius 1 is 1.41 bits per heavy atom. The van der Waals surface area contributed by atoms with Gasteiger partial charge in [0.2, 0.25) is 5.60 Å². The van der Waals surface area contributed by atoms with Crippen LogP contribution in [0, 0.1) is 0 Å². The van der Waals surface area contributed by atoms with Crippen LogP contribution in [0.25, 0.3) is 0 Å². The molecule has 1 atom stereocenters. The normalized spacial score (nSPS) is 24.2. The number of fused-ring (bicyclic) bond motifs is 1. The number of ether oxygens (including phenoxy) is 1. The lowest BCUT2D eigenvalue weighted by atomic mass is 10.0. The van der Waals surface area contributed by atoms with Crippen LogP contribution in [0.15, 0.2) is 29.3 Å². The van der Waals surface area contributed by atoms with Gasteiger partial charge in [0.05, 0.1) is 0 Å². The van der Waals surface area contributed by atoms with Crippen molar-refractivity contribution in [2.45, 2.75) is 25.4 Å². The number of thiocarbonyl (C=S) groups is 1. The molecule has 22 heavy (non-hydrogen) atoms. The van der Waals surface area contributed by atoms with Gasteiger partial charge in [0.1, 0.15) is 4.99 Å². The van der Waals surface area contributed by atoms with Crippen molar-refractivity contribution in [2.75, 3.05) is 18.4 Å². The maximum absolute atomic E-state index is 12.1. The van der Waals surface area contributed by atoms with Gasteiger partial charge in [0.25, 0.3) is 0 Å². The standard InChI is InChI=1S/C15H16ClN3O2S/c1-15(13(22)18-11-6-4-10(16)5-7-11)12-17-8-2-3-9-19(12)14(20)21-15/h4-7H,2-3,8-9H2,1H3,(H,18,22). The molecule has 2 aliphatic rings. The van der Waals surface area contributed by atoms with E-state index in [1.807, 2.05) is 12.1 Å². The fourth-order valence-corrected chi connectivity index (χ4v) is 2.93. The van der Waals surface area contributed by atoms with Gasteiger partial charge in [-0.1, -0.05) is 23.8 Å². The highest BCUT2D eigenvalue weighted by molar-refractivity contribution is 7.80. The van der Waals surface area contributed by atoms with Crippen molar-refractivity contribution in [3.63, 3.8) is 0 Å². The number of nitrogens with one attached hydrogen (secondary N) is 1. The van der Waals surface area contributed by atoms with E-state index < -0.39 is 5.60 Å². The zero-order chi connectivity index (χ0) is 15.7. The summed E-state index contributed by atoms with van der Waals surface area (Å²) < 4.78 is 5.54. The number of hydrogen-bond acceptors (Lipinski definition) is 4. The summed E-state index contributed by atoms with van der Waals surface area (Å²) in [7, 11) is 0. The summed E-state index contributed by atoms with van der Waals surface area (Å²) in [5.41, 5.74) is -0.240. The predicted octanol–water partition coefficient (Wildman–Crippen LogP) is 3.48. The van der Waals surface area contributed by atoms with Crippen molar-refractivity contribution < 1.29 is 9.53 Å². The van der Waals surface area contributed by atoms with Crippen LogP contribution in [0.1, 0.15) is 19.8 Å². The summed E-state index contributed by atoms with van der Waals surface area (Å²) in [6.45, 7) is 3.08. The van der Waals surface area contributed by atoms with Gasteiger partial charge in [0.15, 0.2) is 5.84 Å². The summed E-state index contributed by atoms with van der Waals surface area (Å²) in [4.78, 5) is 18.6. The minimum absolute atomic E-state index is 0.386. The highest BCUT2D eigenvalue weighted by atomic mass is 35.5. The van der Waals surface area contributed by atoms with Crippen LogP contribution in [0.3, 0.4) is 0 Å². The molecule has 116 valence electrons. The third-order valence-corrected chi connectivity index (χ3v) is 4.52. The monoisotopic (exact) mass is 337 g/mol. The van der Waals surface area contributed by atoms with Crippen LogP contribution in [0.2, 0.25) is 5.02 Å². The lowest BCUT2D eigenvalue weighted by Gasteiger charge is -2.25. The number of benzene rings is 1. The Kier molecular flexibility index (Phi) is 4.06. The largest absolute Gasteiger partial charge is 0.427 e. The first kappa shape index (κ1) is 15.2. The molecule has 0 saturated carbocycles. The summed E-state index contributed by atoms with van der Waals surface area (Å²) in [6.07, 6.45) is 1.49. The average Bonchev–Trinajstić information content (AvgIpc) is 2.68. The summed E-state index contributed by atoms with van der Waals surface area (Å²) in [5.74, 6) is 0.599. The van der Waals surface area contributed by atoms with Crippen LogP contribution in [0.4, 0.5) is 10.5 Å². The van der Waals surface area contributed by atoms with Crippen LogP contribution in [0.5, 0.6) is 0 Å². The van der Waals surface area contributed by atoms with Gasteiger partial charge < -0.3 is 10.1 Å². The van der Waals surface area contributed by atoms with Gasteiger partial charge in [-0.3, -0.25) is 9.89 Å². The van der Waals surface area contributed by atoms with Crippen molar-refractivity contribution in [1.29, 1.82) is 0 Å². The maximum atomic E-state index is 12.1. The average molecular weight is 338 g/mol. The van der Waals surface area contributed by atoms with E-state index in [4.69, 9.17) is 28.6 Å². The number of carbonyl (C=O) groups excluding carboxylic acids is 1. The molecular weight excluding hydrogens is 322 g/mol. The topological polar surface area (TPSA) is 53.9 Å². The minimum Gasteiger partial charge on any atom is -0.427 e. The minimum atomic E-state index is -1.03. The molecule has 7 heteroatoms. The number of nitrogens with zero attached hydrogens (tertiary/aromatic N) is 2. The molecule has 1 unspecified atom stereocenters. The summed E-state index contributed by atoms with van der Waals surface area (Å²) in [5, 5.41) is 3.76. The number of amides is 1. The zero-order valence-corrected chi connectivity index (χ0v) is 13.7.